The zero-order chi connectivity index (χ0) is 8.85. The van der Waals surface area contributed by atoms with Gasteiger partial charge < -0.3 is 10.4 Å². The second-order valence-corrected chi connectivity index (χ2v) is 2.14. The van der Waals surface area contributed by atoms with Crippen molar-refractivity contribution in [1.29, 1.82) is 0 Å². The molecule has 0 rings (SSSR count). The van der Waals surface area contributed by atoms with Gasteiger partial charge in [-0.05, 0) is 6.92 Å². The summed E-state index contributed by atoms with van der Waals surface area (Å²) in [6, 6.07) is 0. The Morgan fingerprint density at radius 3 is 2.73 bits per heavy atom. The molecular weight excluding hydrogens is 152 g/mol. The highest BCUT2D eigenvalue weighted by atomic mass is 16.6. The number of nitro groups is 1. The molecule has 0 fully saturated rings. The van der Waals surface area contributed by atoms with E-state index in [1.807, 2.05) is 0 Å². The maximum Gasteiger partial charge on any atom is 0.291 e. The topological polar surface area (TPSA) is 92.5 Å². The molecule has 2 N–H and O–H groups in total. The molecule has 0 saturated carbocycles. The Morgan fingerprint density at radius 2 is 2.36 bits per heavy atom. The van der Waals surface area contributed by atoms with Crippen molar-refractivity contribution in [1.82, 2.24) is 5.32 Å². The molecule has 6 heteroatoms. The fourth-order valence-electron chi connectivity index (χ4n) is 0.435. The van der Waals surface area contributed by atoms with Gasteiger partial charge in [-0.25, -0.2) is 0 Å². The van der Waals surface area contributed by atoms with E-state index < -0.39 is 23.5 Å². The van der Waals surface area contributed by atoms with Crippen LogP contribution < -0.4 is 5.32 Å². The zero-order valence-electron chi connectivity index (χ0n) is 6.11. The first-order valence-electron chi connectivity index (χ1n) is 3.09. The van der Waals surface area contributed by atoms with Gasteiger partial charge in [-0.15, -0.1) is 0 Å². The molecule has 0 spiro atoms. The molecule has 0 aromatic heterocycles. The van der Waals surface area contributed by atoms with Gasteiger partial charge in [0.05, 0.1) is 6.10 Å². The van der Waals surface area contributed by atoms with Gasteiger partial charge >= 0.3 is 0 Å². The molecule has 0 aliphatic rings. The van der Waals surface area contributed by atoms with Crippen molar-refractivity contribution in [3.8, 4) is 0 Å². The maximum absolute atomic E-state index is 10.5. The lowest BCUT2D eigenvalue weighted by Crippen LogP contribution is -2.34. The average Bonchev–Trinajstić information content (AvgIpc) is 1.82. The van der Waals surface area contributed by atoms with Gasteiger partial charge in [-0.3, -0.25) is 14.9 Å². The number of hydrogen-bond acceptors (Lipinski definition) is 4. The predicted molar refractivity (Wildman–Crippen MR) is 36.6 cm³/mol. The van der Waals surface area contributed by atoms with E-state index in [-0.39, 0.29) is 6.54 Å². The van der Waals surface area contributed by atoms with Crippen LogP contribution in [0, 0.1) is 10.1 Å². The average molecular weight is 162 g/mol. The Hall–Kier alpha value is -1.17. The van der Waals surface area contributed by atoms with Crippen LogP contribution in [0.1, 0.15) is 6.92 Å². The lowest BCUT2D eigenvalue weighted by Gasteiger charge is -2.03. The largest absolute Gasteiger partial charge is 0.392 e. The number of amides is 1. The summed E-state index contributed by atoms with van der Waals surface area (Å²) in [5, 5.41) is 20.6. The molecule has 0 aromatic carbocycles. The summed E-state index contributed by atoms with van der Waals surface area (Å²) in [6.07, 6.45) is -0.675. The van der Waals surface area contributed by atoms with Crippen LogP contribution in [-0.4, -0.2) is 35.1 Å². The third-order valence-electron chi connectivity index (χ3n) is 0.867. The molecule has 0 aliphatic carbocycles. The monoisotopic (exact) mass is 162 g/mol. The summed E-state index contributed by atoms with van der Waals surface area (Å²) >= 11 is 0. The number of aliphatic hydroxyl groups is 1. The number of rotatable bonds is 4. The van der Waals surface area contributed by atoms with E-state index in [2.05, 4.69) is 5.32 Å². The van der Waals surface area contributed by atoms with Gasteiger partial charge in [0.2, 0.25) is 0 Å². The predicted octanol–water partition coefficient (Wildman–Crippen LogP) is -1.24. The van der Waals surface area contributed by atoms with Crippen molar-refractivity contribution < 1.29 is 14.8 Å². The normalized spacial score (nSPS) is 12.2. The SMILES string of the molecule is CC(O)CNC(=O)C[N+](=O)[O-]. The van der Waals surface area contributed by atoms with Gasteiger partial charge in [0.1, 0.15) is 0 Å². The number of nitrogens with zero attached hydrogens (tertiary/aromatic N) is 1. The molecule has 0 heterocycles. The first kappa shape index (κ1) is 9.83. The number of hydrogen-bond donors (Lipinski definition) is 2. The molecular formula is C5H10N2O4. The van der Waals surface area contributed by atoms with Crippen LogP contribution in [0.4, 0.5) is 0 Å². The number of aliphatic hydroxyl groups excluding tert-OH is 1. The van der Waals surface area contributed by atoms with E-state index >= 15 is 0 Å². The molecule has 1 atom stereocenters. The van der Waals surface area contributed by atoms with Crippen molar-refractivity contribution in [2.45, 2.75) is 13.0 Å². The minimum absolute atomic E-state index is 0.0483. The quantitative estimate of drug-likeness (QED) is 0.399. The van der Waals surface area contributed by atoms with Crippen LogP contribution in [0.15, 0.2) is 0 Å². The number of nitrogens with one attached hydrogen (secondary N) is 1. The second-order valence-electron chi connectivity index (χ2n) is 2.14. The van der Waals surface area contributed by atoms with E-state index in [1.165, 1.54) is 6.92 Å². The summed E-state index contributed by atoms with van der Waals surface area (Å²) < 4.78 is 0. The maximum atomic E-state index is 10.5. The fraction of sp³-hybridized carbons (Fsp3) is 0.800. The lowest BCUT2D eigenvalue weighted by atomic mass is 10.4. The van der Waals surface area contributed by atoms with E-state index in [0.29, 0.717) is 0 Å². The summed E-state index contributed by atoms with van der Waals surface area (Å²) in [5.74, 6) is -0.684. The standard InChI is InChI=1S/C5H10N2O4/c1-4(8)2-6-5(9)3-7(10)11/h4,8H,2-3H2,1H3,(H,6,9). The Morgan fingerprint density at radius 1 is 1.82 bits per heavy atom. The highest BCUT2D eigenvalue weighted by molar-refractivity contribution is 5.76. The first-order chi connectivity index (χ1) is 5.02. The van der Waals surface area contributed by atoms with Crippen LogP contribution >= 0.6 is 0 Å². The molecule has 0 bridgehead atoms. The molecule has 11 heavy (non-hydrogen) atoms. The van der Waals surface area contributed by atoms with E-state index in [9.17, 15) is 14.9 Å². The van der Waals surface area contributed by atoms with Crippen molar-refractivity contribution in [3.63, 3.8) is 0 Å². The molecule has 6 nitrogen and oxygen atoms in total. The van der Waals surface area contributed by atoms with Gasteiger partial charge in [0.25, 0.3) is 12.5 Å². The highest BCUT2D eigenvalue weighted by Crippen LogP contribution is 1.75. The summed E-state index contributed by atoms with van der Waals surface area (Å²) in [6.45, 7) is 0.784. The van der Waals surface area contributed by atoms with Gasteiger partial charge in [0.15, 0.2) is 0 Å². The van der Waals surface area contributed by atoms with E-state index in [1.54, 1.807) is 0 Å². The van der Waals surface area contributed by atoms with Crippen LogP contribution in [-0.2, 0) is 4.79 Å². The molecule has 64 valence electrons. The Bertz CT molecular complexity index is 157. The summed E-state index contributed by atoms with van der Waals surface area (Å²) in [4.78, 5) is 19.5. The van der Waals surface area contributed by atoms with E-state index in [4.69, 9.17) is 5.11 Å². The van der Waals surface area contributed by atoms with Gasteiger partial charge in [-0.2, -0.15) is 0 Å². The Labute approximate surface area is 63.4 Å². The molecule has 0 aromatic rings. The highest BCUT2D eigenvalue weighted by Gasteiger charge is 2.08. The molecule has 0 radical (unpaired) electrons. The minimum Gasteiger partial charge on any atom is -0.392 e. The zero-order valence-corrected chi connectivity index (χ0v) is 6.11. The first-order valence-corrected chi connectivity index (χ1v) is 3.09. The minimum atomic E-state index is -0.743. The van der Waals surface area contributed by atoms with Crippen LogP contribution in [0.3, 0.4) is 0 Å². The number of carbonyl (C=O) groups is 1. The molecule has 0 saturated heterocycles. The third-order valence-corrected chi connectivity index (χ3v) is 0.867. The fourth-order valence-corrected chi connectivity index (χ4v) is 0.435. The lowest BCUT2D eigenvalue weighted by molar-refractivity contribution is -0.467. The second kappa shape index (κ2) is 4.62. The Balaban J connectivity index is 3.46. The molecule has 0 aliphatic heterocycles. The van der Waals surface area contributed by atoms with Crippen LogP contribution in [0.5, 0.6) is 0 Å². The van der Waals surface area contributed by atoms with Crippen molar-refractivity contribution >= 4 is 5.91 Å². The van der Waals surface area contributed by atoms with Crippen LogP contribution in [0.25, 0.3) is 0 Å². The smallest absolute Gasteiger partial charge is 0.291 e. The molecule has 1 amide bonds. The summed E-state index contributed by atoms with van der Waals surface area (Å²) in [5.41, 5.74) is 0. The van der Waals surface area contributed by atoms with Crippen LogP contribution in [0.2, 0.25) is 0 Å². The molecule has 1 unspecified atom stereocenters. The Kier molecular flexibility index (Phi) is 4.12. The van der Waals surface area contributed by atoms with Crippen molar-refractivity contribution in [3.05, 3.63) is 10.1 Å². The third kappa shape index (κ3) is 6.72. The summed E-state index contributed by atoms with van der Waals surface area (Å²) in [7, 11) is 0. The number of carbonyl (C=O) groups excluding carboxylic acids is 1. The van der Waals surface area contributed by atoms with Crippen molar-refractivity contribution in [2.75, 3.05) is 13.1 Å². The van der Waals surface area contributed by atoms with Crippen molar-refractivity contribution in [2.24, 2.45) is 0 Å². The van der Waals surface area contributed by atoms with E-state index in [0.717, 1.165) is 0 Å². The van der Waals surface area contributed by atoms with Gasteiger partial charge in [0, 0.05) is 11.5 Å². The van der Waals surface area contributed by atoms with Gasteiger partial charge in [-0.1, -0.05) is 0 Å².